The summed E-state index contributed by atoms with van der Waals surface area (Å²) >= 11 is 0. The first-order valence-electron chi connectivity index (χ1n) is 8.22. The van der Waals surface area contributed by atoms with Crippen LogP contribution in [0.1, 0.15) is 34.5 Å². The van der Waals surface area contributed by atoms with Crippen molar-refractivity contribution in [3.8, 4) is 0 Å². The number of amides is 1. The Morgan fingerprint density at radius 2 is 2.13 bits per heavy atom. The number of likely N-dealkylation sites (tertiary alicyclic amines) is 1. The molecule has 122 valence electrons. The number of benzene rings is 1. The van der Waals surface area contributed by atoms with Crippen molar-refractivity contribution in [3.05, 3.63) is 53.3 Å². The SMILES string of the molecule is CNCC1CCCN1C(=O)c1cnn(Cc2ccccc2)c1C. The predicted molar refractivity (Wildman–Crippen MR) is 90.5 cm³/mol. The van der Waals surface area contributed by atoms with E-state index in [2.05, 4.69) is 22.5 Å². The maximum Gasteiger partial charge on any atom is 0.257 e. The lowest BCUT2D eigenvalue weighted by Gasteiger charge is -2.24. The van der Waals surface area contributed by atoms with Gasteiger partial charge in [0.15, 0.2) is 0 Å². The zero-order chi connectivity index (χ0) is 16.2. The van der Waals surface area contributed by atoms with Gasteiger partial charge in [0.2, 0.25) is 0 Å². The molecule has 0 aliphatic carbocycles. The van der Waals surface area contributed by atoms with Crippen LogP contribution in [-0.2, 0) is 6.54 Å². The number of carbonyl (C=O) groups is 1. The Balaban J connectivity index is 1.77. The molecule has 2 aromatic rings. The van der Waals surface area contributed by atoms with Crippen molar-refractivity contribution in [2.24, 2.45) is 0 Å². The lowest BCUT2D eigenvalue weighted by Crippen LogP contribution is -2.41. The molecule has 5 heteroatoms. The van der Waals surface area contributed by atoms with Crippen LogP contribution in [0.4, 0.5) is 0 Å². The number of nitrogens with one attached hydrogen (secondary N) is 1. The van der Waals surface area contributed by atoms with Crippen LogP contribution in [0.5, 0.6) is 0 Å². The number of hydrogen-bond acceptors (Lipinski definition) is 3. The molecule has 1 amide bonds. The molecule has 23 heavy (non-hydrogen) atoms. The van der Waals surface area contributed by atoms with Crippen LogP contribution in [-0.4, -0.2) is 46.8 Å². The van der Waals surface area contributed by atoms with Crippen LogP contribution in [0.3, 0.4) is 0 Å². The van der Waals surface area contributed by atoms with Gasteiger partial charge in [-0.05, 0) is 32.4 Å². The summed E-state index contributed by atoms with van der Waals surface area (Å²) in [5.74, 6) is 0.111. The molecule has 1 atom stereocenters. The second-order valence-corrected chi connectivity index (χ2v) is 6.14. The summed E-state index contributed by atoms with van der Waals surface area (Å²) < 4.78 is 1.91. The van der Waals surface area contributed by atoms with Crippen LogP contribution < -0.4 is 5.32 Å². The lowest BCUT2D eigenvalue weighted by atomic mass is 10.2. The summed E-state index contributed by atoms with van der Waals surface area (Å²) in [5, 5.41) is 7.61. The Kier molecular flexibility index (Phi) is 4.76. The van der Waals surface area contributed by atoms with E-state index in [-0.39, 0.29) is 5.91 Å². The van der Waals surface area contributed by atoms with Gasteiger partial charge < -0.3 is 10.2 Å². The van der Waals surface area contributed by atoms with Gasteiger partial charge >= 0.3 is 0 Å². The van der Waals surface area contributed by atoms with Crippen LogP contribution in [0.2, 0.25) is 0 Å². The maximum atomic E-state index is 12.9. The van der Waals surface area contributed by atoms with Crippen molar-refractivity contribution in [2.75, 3.05) is 20.1 Å². The first kappa shape index (κ1) is 15.7. The quantitative estimate of drug-likeness (QED) is 0.919. The fourth-order valence-corrected chi connectivity index (χ4v) is 3.28. The van der Waals surface area contributed by atoms with E-state index in [1.54, 1.807) is 6.20 Å². The van der Waals surface area contributed by atoms with Crippen molar-refractivity contribution < 1.29 is 4.79 Å². The number of likely N-dealkylation sites (N-methyl/N-ethyl adjacent to an activating group) is 1. The van der Waals surface area contributed by atoms with E-state index in [9.17, 15) is 4.79 Å². The Bertz CT molecular complexity index is 665. The molecule has 1 N–H and O–H groups in total. The minimum Gasteiger partial charge on any atom is -0.334 e. The summed E-state index contributed by atoms with van der Waals surface area (Å²) in [6.45, 7) is 4.36. The van der Waals surface area contributed by atoms with Gasteiger partial charge in [-0.25, -0.2) is 0 Å². The smallest absolute Gasteiger partial charge is 0.257 e. The van der Waals surface area contributed by atoms with Crippen LogP contribution in [0.15, 0.2) is 36.5 Å². The van der Waals surface area contributed by atoms with Crippen LogP contribution in [0.25, 0.3) is 0 Å². The zero-order valence-electron chi connectivity index (χ0n) is 13.8. The maximum absolute atomic E-state index is 12.9. The van der Waals surface area contributed by atoms with Crippen LogP contribution in [0, 0.1) is 6.92 Å². The molecule has 1 aromatic heterocycles. The highest BCUT2D eigenvalue weighted by Gasteiger charge is 2.30. The Morgan fingerprint density at radius 1 is 1.35 bits per heavy atom. The fraction of sp³-hybridized carbons (Fsp3) is 0.444. The average Bonchev–Trinajstić information content (AvgIpc) is 3.16. The number of rotatable bonds is 5. The molecular weight excluding hydrogens is 288 g/mol. The molecule has 0 saturated carbocycles. The number of hydrogen-bond donors (Lipinski definition) is 1. The van der Waals surface area contributed by atoms with Crippen LogP contribution >= 0.6 is 0 Å². The first-order valence-corrected chi connectivity index (χ1v) is 8.22. The van der Waals surface area contributed by atoms with Gasteiger partial charge in [0.1, 0.15) is 0 Å². The highest BCUT2D eigenvalue weighted by molar-refractivity contribution is 5.95. The topological polar surface area (TPSA) is 50.2 Å². The summed E-state index contributed by atoms with van der Waals surface area (Å²) in [6, 6.07) is 10.5. The Morgan fingerprint density at radius 3 is 2.87 bits per heavy atom. The van der Waals surface area contributed by atoms with E-state index in [4.69, 9.17) is 0 Å². The minimum absolute atomic E-state index is 0.111. The standard InChI is InChI=1S/C18H24N4O/c1-14-17(18(23)21-10-6-9-16(21)11-19-2)12-20-22(14)13-15-7-4-3-5-8-15/h3-5,7-8,12,16,19H,6,9-11,13H2,1-2H3. The van der Waals surface area contributed by atoms with Gasteiger partial charge in [-0.2, -0.15) is 5.10 Å². The Labute approximate surface area is 137 Å². The predicted octanol–water partition coefficient (Wildman–Crippen LogP) is 2.06. The lowest BCUT2D eigenvalue weighted by molar-refractivity contribution is 0.0736. The molecule has 1 aliphatic rings. The third-order valence-corrected chi connectivity index (χ3v) is 4.59. The second-order valence-electron chi connectivity index (χ2n) is 6.14. The largest absolute Gasteiger partial charge is 0.334 e. The van der Waals surface area contributed by atoms with Gasteiger partial charge in [-0.1, -0.05) is 30.3 Å². The molecule has 1 fully saturated rings. The van der Waals surface area contributed by atoms with Gasteiger partial charge in [0.25, 0.3) is 5.91 Å². The number of aromatic nitrogens is 2. The monoisotopic (exact) mass is 312 g/mol. The van der Waals surface area contributed by atoms with E-state index in [0.29, 0.717) is 12.6 Å². The van der Waals surface area contributed by atoms with E-state index >= 15 is 0 Å². The molecule has 1 aromatic carbocycles. The third kappa shape index (κ3) is 3.29. The molecule has 1 aliphatic heterocycles. The first-order chi connectivity index (χ1) is 11.2. The van der Waals surface area contributed by atoms with E-state index in [0.717, 1.165) is 37.2 Å². The molecule has 1 saturated heterocycles. The molecule has 0 bridgehead atoms. The van der Waals surface area contributed by atoms with E-state index in [1.165, 1.54) is 5.56 Å². The normalized spacial score (nSPS) is 17.7. The highest BCUT2D eigenvalue weighted by Crippen LogP contribution is 2.21. The minimum atomic E-state index is 0.111. The van der Waals surface area contributed by atoms with Crippen molar-refractivity contribution in [1.29, 1.82) is 0 Å². The Hall–Kier alpha value is -2.14. The van der Waals surface area contributed by atoms with Crippen molar-refractivity contribution >= 4 is 5.91 Å². The van der Waals surface area contributed by atoms with Gasteiger partial charge in [0, 0.05) is 24.8 Å². The van der Waals surface area contributed by atoms with Crippen molar-refractivity contribution in [2.45, 2.75) is 32.4 Å². The molecule has 5 nitrogen and oxygen atoms in total. The molecule has 0 radical (unpaired) electrons. The van der Waals surface area contributed by atoms with Gasteiger partial charge in [0.05, 0.1) is 18.3 Å². The summed E-state index contributed by atoms with van der Waals surface area (Å²) in [5.41, 5.74) is 2.85. The zero-order valence-corrected chi connectivity index (χ0v) is 13.8. The summed E-state index contributed by atoms with van der Waals surface area (Å²) in [4.78, 5) is 14.9. The molecule has 0 spiro atoms. The molecule has 1 unspecified atom stereocenters. The molecular formula is C18H24N4O. The highest BCUT2D eigenvalue weighted by atomic mass is 16.2. The summed E-state index contributed by atoms with van der Waals surface area (Å²) in [7, 11) is 1.93. The molecule has 3 rings (SSSR count). The van der Waals surface area contributed by atoms with Gasteiger partial charge in [-0.3, -0.25) is 9.48 Å². The third-order valence-electron chi connectivity index (χ3n) is 4.59. The van der Waals surface area contributed by atoms with Gasteiger partial charge in [-0.15, -0.1) is 0 Å². The average molecular weight is 312 g/mol. The second kappa shape index (κ2) is 6.96. The number of nitrogens with zero attached hydrogens (tertiary/aromatic N) is 3. The van der Waals surface area contributed by atoms with E-state index in [1.807, 2.05) is 41.8 Å². The summed E-state index contributed by atoms with van der Waals surface area (Å²) in [6.07, 6.45) is 3.87. The molecule has 2 heterocycles. The van der Waals surface area contributed by atoms with Crippen molar-refractivity contribution in [1.82, 2.24) is 20.0 Å². The van der Waals surface area contributed by atoms with Crippen molar-refractivity contribution in [3.63, 3.8) is 0 Å². The fourth-order valence-electron chi connectivity index (χ4n) is 3.28. The van der Waals surface area contributed by atoms with E-state index < -0.39 is 0 Å². The number of carbonyl (C=O) groups excluding carboxylic acids is 1.